The van der Waals surface area contributed by atoms with Crippen LogP contribution in [0, 0.1) is 0 Å². The molecule has 0 aromatic heterocycles. The van der Waals surface area contributed by atoms with Crippen LogP contribution in [0.3, 0.4) is 0 Å². The van der Waals surface area contributed by atoms with Crippen LogP contribution in [0.4, 0.5) is 0 Å². The molecule has 1 aliphatic rings. The fourth-order valence-electron chi connectivity index (χ4n) is 1.14. The van der Waals surface area contributed by atoms with E-state index in [9.17, 15) is 0 Å². The molecule has 1 aromatic rings. The zero-order valence-electron chi connectivity index (χ0n) is 8.09. The van der Waals surface area contributed by atoms with Crippen molar-refractivity contribution in [1.29, 1.82) is 0 Å². The first-order valence-corrected chi connectivity index (χ1v) is 4.93. The van der Waals surface area contributed by atoms with E-state index in [1.165, 1.54) is 24.8 Å². The molecule has 66 valence electrons. The Kier molecular flexibility index (Phi) is 3.86. The van der Waals surface area contributed by atoms with E-state index in [4.69, 9.17) is 0 Å². The van der Waals surface area contributed by atoms with Gasteiger partial charge in [0.15, 0.2) is 0 Å². The van der Waals surface area contributed by atoms with Crippen molar-refractivity contribution in [2.45, 2.75) is 39.0 Å². The Morgan fingerprint density at radius 1 is 1.08 bits per heavy atom. The molecule has 12 heavy (non-hydrogen) atoms. The molecule has 1 aliphatic carbocycles. The molecule has 0 unspecified atom stereocenters. The van der Waals surface area contributed by atoms with Crippen molar-refractivity contribution in [2.75, 3.05) is 0 Å². The van der Waals surface area contributed by atoms with Gasteiger partial charge in [-0.3, -0.25) is 0 Å². The Hall–Kier alpha value is -0.780. The largest absolute Gasteiger partial charge is 0.0656 e. The lowest BCUT2D eigenvalue weighted by Crippen LogP contribution is -1.73. The SMILES string of the molecule is CCC.c1ccc(C2CC2)cc1. The second-order valence-corrected chi connectivity index (χ2v) is 3.39. The van der Waals surface area contributed by atoms with Gasteiger partial charge in [0.2, 0.25) is 0 Å². The van der Waals surface area contributed by atoms with Gasteiger partial charge in [-0.1, -0.05) is 50.6 Å². The molecule has 0 nitrogen and oxygen atoms in total. The van der Waals surface area contributed by atoms with Gasteiger partial charge in [0.25, 0.3) is 0 Å². The van der Waals surface area contributed by atoms with Crippen LogP contribution in [0.15, 0.2) is 30.3 Å². The summed E-state index contributed by atoms with van der Waals surface area (Å²) in [6.07, 6.45) is 4.06. The van der Waals surface area contributed by atoms with Crippen molar-refractivity contribution in [3.05, 3.63) is 35.9 Å². The van der Waals surface area contributed by atoms with E-state index < -0.39 is 0 Å². The third-order valence-corrected chi connectivity index (χ3v) is 1.85. The van der Waals surface area contributed by atoms with Gasteiger partial charge in [0.1, 0.15) is 0 Å². The zero-order chi connectivity index (χ0) is 8.81. The standard InChI is InChI=1S/C9H10.C3H8/c1-2-4-8(5-3-1)9-6-7-9;1-3-2/h1-5,9H,6-7H2;3H2,1-2H3. The molecule has 0 radical (unpaired) electrons. The van der Waals surface area contributed by atoms with Crippen LogP contribution in [-0.2, 0) is 0 Å². The zero-order valence-corrected chi connectivity index (χ0v) is 8.09. The summed E-state index contributed by atoms with van der Waals surface area (Å²) in [6, 6.07) is 10.8. The van der Waals surface area contributed by atoms with Crippen molar-refractivity contribution in [3.8, 4) is 0 Å². The Morgan fingerprint density at radius 3 is 2.00 bits per heavy atom. The number of benzene rings is 1. The maximum atomic E-state index is 2.22. The monoisotopic (exact) mass is 162 g/mol. The minimum atomic E-state index is 0.909. The van der Waals surface area contributed by atoms with E-state index in [-0.39, 0.29) is 0 Å². The smallest absolute Gasteiger partial charge is 0.0162 e. The molecule has 1 saturated carbocycles. The molecule has 0 atom stereocenters. The molecule has 0 heteroatoms. The maximum absolute atomic E-state index is 2.22. The molecule has 2 rings (SSSR count). The third-order valence-electron chi connectivity index (χ3n) is 1.85. The van der Waals surface area contributed by atoms with E-state index in [1.54, 1.807) is 0 Å². The Bertz CT molecular complexity index is 197. The van der Waals surface area contributed by atoms with E-state index >= 15 is 0 Å². The first-order valence-electron chi connectivity index (χ1n) is 4.93. The molecule has 0 heterocycles. The lowest BCUT2D eigenvalue weighted by atomic mass is 10.1. The van der Waals surface area contributed by atoms with Crippen molar-refractivity contribution in [2.24, 2.45) is 0 Å². The minimum absolute atomic E-state index is 0.909. The average Bonchev–Trinajstić information content (AvgIpc) is 2.90. The van der Waals surface area contributed by atoms with Crippen molar-refractivity contribution in [3.63, 3.8) is 0 Å². The molecule has 0 N–H and O–H groups in total. The van der Waals surface area contributed by atoms with Crippen LogP contribution in [-0.4, -0.2) is 0 Å². The molecule has 0 spiro atoms. The summed E-state index contributed by atoms with van der Waals surface area (Å²) in [5.74, 6) is 0.909. The summed E-state index contributed by atoms with van der Waals surface area (Å²) < 4.78 is 0. The Morgan fingerprint density at radius 2 is 1.58 bits per heavy atom. The first-order chi connectivity index (χ1) is 5.88. The normalized spacial score (nSPS) is 14.8. The fraction of sp³-hybridized carbons (Fsp3) is 0.500. The van der Waals surface area contributed by atoms with Crippen LogP contribution in [0.25, 0.3) is 0 Å². The highest BCUT2D eigenvalue weighted by molar-refractivity contribution is 5.22. The van der Waals surface area contributed by atoms with E-state index in [1.807, 2.05) is 0 Å². The van der Waals surface area contributed by atoms with Crippen LogP contribution >= 0.6 is 0 Å². The Balaban J connectivity index is 0.000000213. The quantitative estimate of drug-likeness (QED) is 0.586. The summed E-state index contributed by atoms with van der Waals surface area (Å²) in [5, 5.41) is 0. The maximum Gasteiger partial charge on any atom is -0.0162 e. The van der Waals surface area contributed by atoms with Crippen molar-refractivity contribution >= 4 is 0 Å². The molecule has 0 saturated heterocycles. The minimum Gasteiger partial charge on any atom is -0.0656 e. The molecular weight excluding hydrogens is 144 g/mol. The van der Waals surface area contributed by atoms with Crippen LogP contribution in [0.5, 0.6) is 0 Å². The number of hydrogen-bond donors (Lipinski definition) is 0. The van der Waals surface area contributed by atoms with E-state index in [0.717, 1.165) is 5.92 Å². The molecule has 0 aliphatic heterocycles. The van der Waals surface area contributed by atoms with Crippen LogP contribution in [0.1, 0.15) is 44.6 Å². The van der Waals surface area contributed by atoms with Gasteiger partial charge in [0, 0.05) is 0 Å². The summed E-state index contributed by atoms with van der Waals surface area (Å²) >= 11 is 0. The highest BCUT2D eigenvalue weighted by Gasteiger charge is 2.22. The number of hydrogen-bond acceptors (Lipinski definition) is 0. The molecular formula is C12H18. The summed E-state index contributed by atoms with van der Waals surface area (Å²) in [5.41, 5.74) is 1.53. The molecule has 0 amide bonds. The van der Waals surface area contributed by atoms with Gasteiger partial charge >= 0.3 is 0 Å². The van der Waals surface area contributed by atoms with Crippen molar-refractivity contribution < 1.29 is 0 Å². The third kappa shape index (κ3) is 3.08. The topological polar surface area (TPSA) is 0 Å². The van der Waals surface area contributed by atoms with Gasteiger partial charge in [0.05, 0.1) is 0 Å². The second kappa shape index (κ2) is 4.97. The molecule has 1 fully saturated rings. The summed E-state index contributed by atoms with van der Waals surface area (Å²) in [6.45, 7) is 4.25. The highest BCUT2D eigenvalue weighted by atomic mass is 14.3. The van der Waals surface area contributed by atoms with E-state index in [0.29, 0.717) is 0 Å². The fourth-order valence-corrected chi connectivity index (χ4v) is 1.14. The number of rotatable bonds is 1. The van der Waals surface area contributed by atoms with Gasteiger partial charge in [-0.25, -0.2) is 0 Å². The van der Waals surface area contributed by atoms with E-state index in [2.05, 4.69) is 44.2 Å². The van der Waals surface area contributed by atoms with Gasteiger partial charge in [-0.05, 0) is 24.3 Å². The molecule has 1 aromatic carbocycles. The average molecular weight is 162 g/mol. The predicted molar refractivity (Wildman–Crippen MR) is 54.4 cm³/mol. The van der Waals surface area contributed by atoms with Crippen LogP contribution < -0.4 is 0 Å². The first kappa shape index (κ1) is 9.31. The lowest BCUT2D eigenvalue weighted by Gasteiger charge is -1.92. The van der Waals surface area contributed by atoms with Gasteiger partial charge in [-0.15, -0.1) is 0 Å². The summed E-state index contributed by atoms with van der Waals surface area (Å²) in [4.78, 5) is 0. The lowest BCUT2D eigenvalue weighted by molar-refractivity contribution is 1.09. The highest BCUT2D eigenvalue weighted by Crippen LogP contribution is 2.39. The Labute approximate surface area is 75.6 Å². The predicted octanol–water partition coefficient (Wildman–Crippen LogP) is 3.98. The molecule has 0 bridgehead atoms. The van der Waals surface area contributed by atoms with Gasteiger partial charge in [-0.2, -0.15) is 0 Å². The summed E-state index contributed by atoms with van der Waals surface area (Å²) in [7, 11) is 0. The van der Waals surface area contributed by atoms with Crippen LogP contribution in [0.2, 0.25) is 0 Å². The van der Waals surface area contributed by atoms with Crippen molar-refractivity contribution in [1.82, 2.24) is 0 Å². The van der Waals surface area contributed by atoms with Gasteiger partial charge < -0.3 is 0 Å². The second-order valence-electron chi connectivity index (χ2n) is 3.39.